The lowest BCUT2D eigenvalue weighted by molar-refractivity contribution is -0.384. The molecule has 2 aromatic rings. The Hall–Kier alpha value is -3.29. The van der Waals surface area contributed by atoms with Crippen molar-refractivity contribution in [2.45, 2.75) is 0 Å². The molecule has 0 aliphatic heterocycles. The summed E-state index contributed by atoms with van der Waals surface area (Å²) >= 11 is 0. The van der Waals surface area contributed by atoms with E-state index in [-0.39, 0.29) is 16.7 Å². The summed E-state index contributed by atoms with van der Waals surface area (Å²) in [5.74, 6) is -3.84. The molecule has 0 heterocycles. The molecule has 0 aromatic heterocycles. The molecule has 0 aliphatic rings. The van der Waals surface area contributed by atoms with Crippen LogP contribution in [0.3, 0.4) is 0 Å². The highest BCUT2D eigenvalue weighted by Gasteiger charge is 2.16. The Kier molecular flexibility index (Phi) is 3.85. The summed E-state index contributed by atoms with van der Waals surface area (Å²) in [6, 6.07) is 6.25. The molecule has 2 N–H and O–H groups in total. The minimum Gasteiger partial charge on any atom is -0.478 e. The van der Waals surface area contributed by atoms with Crippen LogP contribution in [-0.2, 0) is 0 Å². The van der Waals surface area contributed by atoms with Crippen LogP contribution in [0.25, 0.3) is 11.1 Å². The number of nitro groups is 1. The first-order chi connectivity index (χ1) is 10.3. The Balaban J connectivity index is 2.61. The normalized spacial score (nSPS) is 10.2. The topological polar surface area (TPSA) is 118 Å². The van der Waals surface area contributed by atoms with Crippen LogP contribution < -0.4 is 0 Å². The molecule has 0 amide bonds. The lowest BCUT2D eigenvalue weighted by atomic mass is 10.0. The first-order valence-electron chi connectivity index (χ1n) is 5.85. The van der Waals surface area contributed by atoms with Crippen LogP contribution in [0.5, 0.6) is 0 Å². The summed E-state index contributed by atoms with van der Waals surface area (Å²) in [5, 5.41) is 28.5. The van der Waals surface area contributed by atoms with Crippen LogP contribution in [0.2, 0.25) is 0 Å². The zero-order chi connectivity index (χ0) is 16.4. The average Bonchev–Trinajstić information content (AvgIpc) is 2.46. The second-order valence-electron chi connectivity index (χ2n) is 4.33. The number of halogens is 1. The zero-order valence-electron chi connectivity index (χ0n) is 10.8. The van der Waals surface area contributed by atoms with Crippen molar-refractivity contribution in [3.05, 3.63) is 63.5 Å². The maximum atomic E-state index is 13.7. The van der Waals surface area contributed by atoms with Crippen molar-refractivity contribution in [1.82, 2.24) is 0 Å². The van der Waals surface area contributed by atoms with E-state index in [1.165, 1.54) is 6.07 Å². The van der Waals surface area contributed by atoms with Crippen LogP contribution in [0, 0.1) is 15.9 Å². The smallest absolute Gasteiger partial charge is 0.338 e. The van der Waals surface area contributed by atoms with E-state index >= 15 is 0 Å². The number of non-ortho nitro benzene ring substituents is 1. The first kappa shape index (κ1) is 15.1. The van der Waals surface area contributed by atoms with E-state index in [9.17, 15) is 24.1 Å². The van der Waals surface area contributed by atoms with Crippen molar-refractivity contribution >= 4 is 17.6 Å². The molecular formula is C14H8FNO6. The number of hydrogen-bond donors (Lipinski definition) is 2. The second kappa shape index (κ2) is 5.60. The van der Waals surface area contributed by atoms with Gasteiger partial charge in [0.25, 0.3) is 5.69 Å². The molecule has 7 nitrogen and oxygen atoms in total. The first-order valence-corrected chi connectivity index (χ1v) is 5.85. The standard InChI is InChI=1S/C14H8FNO6/c15-12-6-7(1-2-11(12)14(19)20)8-3-9(13(17)18)5-10(4-8)16(21)22/h1-6H,(H,17,18)(H,19,20). The average molecular weight is 305 g/mol. The van der Waals surface area contributed by atoms with Crippen LogP contribution in [0.15, 0.2) is 36.4 Å². The molecule has 8 heteroatoms. The van der Waals surface area contributed by atoms with Gasteiger partial charge in [-0.1, -0.05) is 6.07 Å². The largest absolute Gasteiger partial charge is 0.478 e. The lowest BCUT2D eigenvalue weighted by Gasteiger charge is -2.05. The van der Waals surface area contributed by atoms with E-state index in [0.29, 0.717) is 0 Å². The van der Waals surface area contributed by atoms with Crippen LogP contribution in [0.1, 0.15) is 20.7 Å². The van der Waals surface area contributed by atoms with Gasteiger partial charge in [-0.25, -0.2) is 14.0 Å². The summed E-state index contributed by atoms with van der Waals surface area (Å²) in [6.45, 7) is 0. The van der Waals surface area contributed by atoms with Gasteiger partial charge < -0.3 is 10.2 Å². The third-order valence-electron chi connectivity index (χ3n) is 2.91. The number of hydrogen-bond acceptors (Lipinski definition) is 4. The predicted molar refractivity (Wildman–Crippen MR) is 72.4 cm³/mol. The molecule has 0 saturated heterocycles. The van der Waals surface area contributed by atoms with Crippen LogP contribution in [-0.4, -0.2) is 27.1 Å². The fraction of sp³-hybridized carbons (Fsp3) is 0. The van der Waals surface area contributed by atoms with Gasteiger partial charge in [-0.3, -0.25) is 10.1 Å². The van der Waals surface area contributed by atoms with Crippen molar-refractivity contribution in [3.63, 3.8) is 0 Å². The summed E-state index contributed by atoms with van der Waals surface area (Å²) in [4.78, 5) is 31.8. The maximum Gasteiger partial charge on any atom is 0.338 e. The minimum absolute atomic E-state index is 0.0995. The molecular weight excluding hydrogens is 297 g/mol. The molecule has 0 spiro atoms. The molecule has 0 radical (unpaired) electrons. The molecule has 0 atom stereocenters. The van der Waals surface area contributed by atoms with Gasteiger partial charge in [0.05, 0.1) is 16.1 Å². The fourth-order valence-electron chi connectivity index (χ4n) is 1.87. The molecule has 0 unspecified atom stereocenters. The number of benzene rings is 2. The summed E-state index contributed by atoms with van der Waals surface area (Å²) < 4.78 is 13.7. The highest BCUT2D eigenvalue weighted by molar-refractivity contribution is 5.91. The Bertz CT molecular complexity index is 770. The number of nitro benzene ring substituents is 1. The van der Waals surface area contributed by atoms with Crippen molar-refractivity contribution in [3.8, 4) is 11.1 Å². The van der Waals surface area contributed by atoms with Crippen molar-refractivity contribution in [1.29, 1.82) is 0 Å². The number of aromatic carboxylic acids is 2. The Labute approximate surface area is 122 Å². The highest BCUT2D eigenvalue weighted by atomic mass is 19.1. The minimum atomic E-state index is -1.45. The summed E-state index contributed by atoms with van der Waals surface area (Å²) in [7, 11) is 0. The van der Waals surface area contributed by atoms with Gasteiger partial charge in [-0.15, -0.1) is 0 Å². The number of carbonyl (C=O) groups is 2. The Morgan fingerprint density at radius 1 is 1.00 bits per heavy atom. The number of carboxylic acid groups (broad SMARTS) is 2. The zero-order valence-corrected chi connectivity index (χ0v) is 10.8. The third kappa shape index (κ3) is 2.90. The van der Waals surface area contributed by atoms with Gasteiger partial charge in [0.15, 0.2) is 0 Å². The van der Waals surface area contributed by atoms with Crippen molar-refractivity contribution < 1.29 is 29.1 Å². The van der Waals surface area contributed by atoms with E-state index < -0.39 is 33.9 Å². The van der Waals surface area contributed by atoms with Gasteiger partial charge in [-0.05, 0) is 29.3 Å². The molecule has 0 fully saturated rings. The number of nitrogens with zero attached hydrogens (tertiary/aromatic N) is 1. The molecule has 0 saturated carbocycles. The Morgan fingerprint density at radius 2 is 1.68 bits per heavy atom. The van der Waals surface area contributed by atoms with E-state index in [0.717, 1.165) is 30.3 Å². The van der Waals surface area contributed by atoms with Gasteiger partial charge in [0.1, 0.15) is 5.82 Å². The van der Waals surface area contributed by atoms with Crippen molar-refractivity contribution in [2.75, 3.05) is 0 Å². The molecule has 112 valence electrons. The fourth-order valence-corrected chi connectivity index (χ4v) is 1.87. The highest BCUT2D eigenvalue weighted by Crippen LogP contribution is 2.27. The number of carboxylic acids is 2. The Morgan fingerprint density at radius 3 is 2.18 bits per heavy atom. The van der Waals surface area contributed by atoms with Crippen LogP contribution in [0.4, 0.5) is 10.1 Å². The SMILES string of the molecule is O=C(O)c1cc(-c2ccc(C(=O)O)c(F)c2)cc([N+](=O)[O-])c1. The van der Waals surface area contributed by atoms with Gasteiger partial charge in [0.2, 0.25) is 0 Å². The third-order valence-corrected chi connectivity index (χ3v) is 2.91. The molecule has 0 aliphatic carbocycles. The second-order valence-corrected chi connectivity index (χ2v) is 4.33. The van der Waals surface area contributed by atoms with E-state index in [1.807, 2.05) is 0 Å². The van der Waals surface area contributed by atoms with Gasteiger partial charge >= 0.3 is 11.9 Å². The lowest BCUT2D eigenvalue weighted by Crippen LogP contribution is -2.01. The van der Waals surface area contributed by atoms with Crippen molar-refractivity contribution in [2.24, 2.45) is 0 Å². The quantitative estimate of drug-likeness (QED) is 0.662. The van der Waals surface area contributed by atoms with E-state index in [1.54, 1.807) is 0 Å². The number of rotatable bonds is 4. The maximum absolute atomic E-state index is 13.7. The monoisotopic (exact) mass is 305 g/mol. The summed E-state index contributed by atoms with van der Waals surface area (Å²) in [6.07, 6.45) is 0. The molecule has 0 bridgehead atoms. The van der Waals surface area contributed by atoms with E-state index in [2.05, 4.69) is 0 Å². The van der Waals surface area contributed by atoms with Gasteiger partial charge in [-0.2, -0.15) is 0 Å². The van der Waals surface area contributed by atoms with Crippen LogP contribution >= 0.6 is 0 Å². The summed E-state index contributed by atoms with van der Waals surface area (Å²) in [5.41, 5.74) is -1.10. The predicted octanol–water partition coefficient (Wildman–Crippen LogP) is 2.80. The van der Waals surface area contributed by atoms with E-state index in [4.69, 9.17) is 10.2 Å². The van der Waals surface area contributed by atoms with Gasteiger partial charge in [0, 0.05) is 12.1 Å². The molecule has 22 heavy (non-hydrogen) atoms. The molecule has 2 rings (SSSR count). The molecule has 2 aromatic carbocycles.